The van der Waals surface area contributed by atoms with Crippen LogP contribution in [0.25, 0.3) is 0 Å². The van der Waals surface area contributed by atoms with E-state index in [4.69, 9.17) is 15.6 Å². The average molecular weight is 252 g/mol. The van der Waals surface area contributed by atoms with E-state index in [0.29, 0.717) is 17.9 Å². The first-order chi connectivity index (χ1) is 8.54. The number of hydrogen-bond donors (Lipinski definition) is 3. The maximum absolute atomic E-state index is 11.6. The normalized spacial score (nSPS) is 11.7. The van der Waals surface area contributed by atoms with Crippen molar-refractivity contribution in [3.8, 4) is 5.75 Å². The number of amides is 1. The van der Waals surface area contributed by atoms with E-state index in [1.165, 1.54) is 0 Å². The van der Waals surface area contributed by atoms with E-state index < -0.39 is 18.6 Å². The Labute approximate surface area is 105 Å². The second kappa shape index (κ2) is 6.61. The molecule has 0 unspecified atom stereocenters. The molecule has 0 aromatic heterocycles. The van der Waals surface area contributed by atoms with E-state index in [2.05, 4.69) is 5.32 Å². The zero-order chi connectivity index (χ0) is 13.5. The second-order valence-electron chi connectivity index (χ2n) is 3.68. The van der Waals surface area contributed by atoms with Crippen molar-refractivity contribution in [3.05, 3.63) is 24.3 Å². The Hall–Kier alpha value is -2.08. The predicted molar refractivity (Wildman–Crippen MR) is 66.5 cm³/mol. The van der Waals surface area contributed by atoms with Gasteiger partial charge in [0, 0.05) is 0 Å². The fourth-order valence-corrected chi connectivity index (χ4v) is 1.25. The number of ether oxygens (including phenoxy) is 1. The summed E-state index contributed by atoms with van der Waals surface area (Å²) in [6.07, 6.45) is 0.518. The molecule has 18 heavy (non-hydrogen) atoms. The minimum atomic E-state index is -1.08. The SMILES string of the molecule is CC[C@@H](N)C(=O)Nc1ccccc1OCC(=O)O. The molecule has 1 amide bonds. The second-order valence-corrected chi connectivity index (χ2v) is 3.68. The van der Waals surface area contributed by atoms with Crippen molar-refractivity contribution in [2.75, 3.05) is 11.9 Å². The number of benzene rings is 1. The highest BCUT2D eigenvalue weighted by molar-refractivity contribution is 5.95. The van der Waals surface area contributed by atoms with Gasteiger partial charge in [-0.2, -0.15) is 0 Å². The van der Waals surface area contributed by atoms with Crippen LogP contribution in [-0.2, 0) is 9.59 Å². The third-order valence-corrected chi connectivity index (χ3v) is 2.27. The van der Waals surface area contributed by atoms with Gasteiger partial charge in [0.25, 0.3) is 0 Å². The van der Waals surface area contributed by atoms with Crippen LogP contribution in [0.4, 0.5) is 5.69 Å². The molecule has 6 nitrogen and oxygen atoms in total. The number of aliphatic carboxylic acids is 1. The van der Waals surface area contributed by atoms with Gasteiger partial charge in [0.1, 0.15) is 5.75 Å². The molecule has 0 saturated heterocycles. The minimum absolute atomic E-state index is 0.302. The first kappa shape index (κ1) is 14.0. The van der Waals surface area contributed by atoms with Crippen molar-refractivity contribution in [2.24, 2.45) is 5.73 Å². The lowest BCUT2D eigenvalue weighted by Crippen LogP contribution is -2.34. The molecule has 0 bridgehead atoms. The molecule has 1 rings (SSSR count). The highest BCUT2D eigenvalue weighted by Crippen LogP contribution is 2.23. The maximum atomic E-state index is 11.6. The van der Waals surface area contributed by atoms with Crippen LogP contribution >= 0.6 is 0 Å². The van der Waals surface area contributed by atoms with Gasteiger partial charge in [-0.15, -0.1) is 0 Å². The van der Waals surface area contributed by atoms with Crippen molar-refractivity contribution in [2.45, 2.75) is 19.4 Å². The molecule has 0 saturated carbocycles. The van der Waals surface area contributed by atoms with E-state index >= 15 is 0 Å². The lowest BCUT2D eigenvalue weighted by atomic mass is 10.2. The molecule has 1 aromatic carbocycles. The number of carboxylic acid groups (broad SMARTS) is 1. The molecule has 4 N–H and O–H groups in total. The Morgan fingerprint density at radius 1 is 1.44 bits per heavy atom. The Morgan fingerprint density at radius 3 is 2.72 bits per heavy atom. The van der Waals surface area contributed by atoms with Crippen molar-refractivity contribution < 1.29 is 19.4 Å². The van der Waals surface area contributed by atoms with Crippen LogP contribution in [0.2, 0.25) is 0 Å². The Morgan fingerprint density at radius 2 is 2.11 bits per heavy atom. The van der Waals surface area contributed by atoms with Crippen LogP contribution in [-0.4, -0.2) is 29.6 Å². The molecule has 0 spiro atoms. The van der Waals surface area contributed by atoms with Gasteiger partial charge < -0.3 is 20.9 Å². The zero-order valence-corrected chi connectivity index (χ0v) is 10.1. The zero-order valence-electron chi connectivity index (χ0n) is 10.1. The standard InChI is InChI=1S/C12H16N2O4/c1-2-8(13)12(17)14-9-5-3-4-6-10(9)18-7-11(15)16/h3-6,8H,2,7,13H2,1H3,(H,14,17)(H,15,16)/t8-/m1/s1. The van der Waals surface area contributed by atoms with Crippen LogP contribution < -0.4 is 15.8 Å². The van der Waals surface area contributed by atoms with Gasteiger partial charge in [-0.05, 0) is 18.6 Å². The molecule has 0 aliphatic carbocycles. The molecule has 0 radical (unpaired) electrons. The lowest BCUT2D eigenvalue weighted by Gasteiger charge is -2.13. The van der Waals surface area contributed by atoms with E-state index in [1.807, 2.05) is 0 Å². The number of para-hydroxylation sites is 2. The van der Waals surface area contributed by atoms with Crippen LogP contribution in [0.3, 0.4) is 0 Å². The summed E-state index contributed by atoms with van der Waals surface area (Å²) in [5.41, 5.74) is 6.00. The average Bonchev–Trinajstić information content (AvgIpc) is 2.36. The first-order valence-electron chi connectivity index (χ1n) is 5.54. The number of hydrogen-bond acceptors (Lipinski definition) is 4. The molecule has 0 heterocycles. The predicted octanol–water partition coefficient (Wildman–Crippen LogP) is 0.826. The molecule has 0 aliphatic rings. The molecule has 1 atom stereocenters. The fourth-order valence-electron chi connectivity index (χ4n) is 1.25. The number of nitrogens with two attached hydrogens (primary N) is 1. The maximum Gasteiger partial charge on any atom is 0.341 e. The summed E-state index contributed by atoms with van der Waals surface area (Å²) >= 11 is 0. The Kier molecular flexibility index (Phi) is 5.13. The van der Waals surface area contributed by atoms with Crippen molar-refractivity contribution in [1.29, 1.82) is 0 Å². The Balaban J connectivity index is 2.75. The monoisotopic (exact) mass is 252 g/mol. The van der Waals surface area contributed by atoms with Gasteiger partial charge in [0.2, 0.25) is 5.91 Å². The fraction of sp³-hybridized carbons (Fsp3) is 0.333. The van der Waals surface area contributed by atoms with Gasteiger partial charge in [-0.1, -0.05) is 19.1 Å². The first-order valence-corrected chi connectivity index (χ1v) is 5.54. The van der Waals surface area contributed by atoms with E-state index in [0.717, 1.165) is 0 Å². The highest BCUT2D eigenvalue weighted by atomic mass is 16.5. The molecule has 6 heteroatoms. The van der Waals surface area contributed by atoms with Gasteiger partial charge in [-0.3, -0.25) is 4.79 Å². The molecule has 0 aliphatic heterocycles. The minimum Gasteiger partial charge on any atom is -0.480 e. The van der Waals surface area contributed by atoms with Crippen molar-refractivity contribution in [1.82, 2.24) is 0 Å². The van der Waals surface area contributed by atoms with Gasteiger partial charge in [0.05, 0.1) is 11.7 Å². The number of rotatable bonds is 6. The molecular formula is C12H16N2O4. The number of anilines is 1. The molecule has 0 fully saturated rings. The van der Waals surface area contributed by atoms with Crippen LogP contribution in [0.15, 0.2) is 24.3 Å². The number of carbonyl (C=O) groups excluding carboxylic acids is 1. The third-order valence-electron chi connectivity index (χ3n) is 2.27. The third kappa shape index (κ3) is 4.06. The number of carboxylic acids is 1. The topological polar surface area (TPSA) is 102 Å². The molecule has 1 aromatic rings. The summed E-state index contributed by atoms with van der Waals surface area (Å²) in [6.45, 7) is 1.34. The summed E-state index contributed by atoms with van der Waals surface area (Å²) < 4.78 is 5.06. The van der Waals surface area contributed by atoms with E-state index in [9.17, 15) is 9.59 Å². The lowest BCUT2D eigenvalue weighted by molar-refractivity contribution is -0.139. The summed E-state index contributed by atoms with van der Waals surface area (Å²) in [5.74, 6) is -1.11. The summed E-state index contributed by atoms with van der Waals surface area (Å²) in [7, 11) is 0. The number of carbonyl (C=O) groups is 2. The van der Waals surface area contributed by atoms with Gasteiger partial charge in [0.15, 0.2) is 6.61 Å². The van der Waals surface area contributed by atoms with E-state index in [-0.39, 0.29) is 5.91 Å². The van der Waals surface area contributed by atoms with Crippen LogP contribution in [0.5, 0.6) is 5.75 Å². The molecular weight excluding hydrogens is 236 g/mol. The van der Waals surface area contributed by atoms with Crippen molar-refractivity contribution in [3.63, 3.8) is 0 Å². The summed E-state index contributed by atoms with van der Waals surface area (Å²) in [6, 6.07) is 6.00. The van der Waals surface area contributed by atoms with E-state index in [1.54, 1.807) is 31.2 Å². The summed E-state index contributed by atoms with van der Waals surface area (Å²) in [5, 5.41) is 11.1. The smallest absolute Gasteiger partial charge is 0.341 e. The van der Waals surface area contributed by atoms with Crippen LogP contribution in [0.1, 0.15) is 13.3 Å². The van der Waals surface area contributed by atoms with Crippen molar-refractivity contribution >= 4 is 17.6 Å². The highest BCUT2D eigenvalue weighted by Gasteiger charge is 2.13. The Bertz CT molecular complexity index is 434. The largest absolute Gasteiger partial charge is 0.480 e. The number of nitrogens with one attached hydrogen (secondary N) is 1. The molecule has 98 valence electrons. The quantitative estimate of drug-likeness (QED) is 0.696. The van der Waals surface area contributed by atoms with Gasteiger partial charge in [-0.25, -0.2) is 4.79 Å². The summed E-state index contributed by atoms with van der Waals surface area (Å²) in [4.78, 5) is 22.1. The van der Waals surface area contributed by atoms with Gasteiger partial charge >= 0.3 is 5.97 Å². The van der Waals surface area contributed by atoms with Crippen LogP contribution in [0, 0.1) is 0 Å².